The Bertz CT molecular complexity index is 794. The van der Waals surface area contributed by atoms with Crippen LogP contribution in [0.3, 0.4) is 0 Å². The van der Waals surface area contributed by atoms with Gasteiger partial charge >= 0.3 is 6.03 Å². The number of non-ortho nitro benzene ring substituents is 1. The minimum Gasteiger partial charge on any atom is -0.355 e. The highest BCUT2D eigenvalue weighted by Crippen LogP contribution is 2.26. The molecule has 0 radical (unpaired) electrons. The molecule has 144 valence electrons. The summed E-state index contributed by atoms with van der Waals surface area (Å²) in [6.45, 7) is 2.25. The highest BCUT2D eigenvalue weighted by Gasteiger charge is 2.36. The van der Waals surface area contributed by atoms with E-state index in [2.05, 4.69) is 16.0 Å². The van der Waals surface area contributed by atoms with Crippen LogP contribution < -0.4 is 16.0 Å². The molecule has 1 aliphatic heterocycles. The van der Waals surface area contributed by atoms with Gasteiger partial charge in [-0.1, -0.05) is 0 Å². The maximum atomic E-state index is 12.3. The van der Waals surface area contributed by atoms with Gasteiger partial charge in [0.1, 0.15) is 0 Å². The van der Waals surface area contributed by atoms with Crippen molar-refractivity contribution in [1.82, 2.24) is 20.9 Å². The molecule has 27 heavy (non-hydrogen) atoms. The molecule has 1 aliphatic rings. The van der Waals surface area contributed by atoms with Gasteiger partial charge in [-0.25, -0.2) is 4.79 Å². The summed E-state index contributed by atoms with van der Waals surface area (Å²) in [7, 11) is 0. The molecule has 2 rings (SSSR count). The first-order chi connectivity index (χ1) is 12.8. The smallest absolute Gasteiger partial charge is 0.314 e. The number of urea groups is 1. The monoisotopic (exact) mass is 377 g/mol. The minimum absolute atomic E-state index is 0.0119. The summed E-state index contributed by atoms with van der Waals surface area (Å²) >= 11 is 0. The van der Waals surface area contributed by atoms with Gasteiger partial charge in [0.25, 0.3) is 17.5 Å². The van der Waals surface area contributed by atoms with Crippen LogP contribution in [0.25, 0.3) is 0 Å². The number of benzene rings is 1. The number of nitrogens with one attached hydrogen (secondary N) is 3. The van der Waals surface area contributed by atoms with E-state index in [1.807, 2.05) is 0 Å². The second kappa shape index (κ2) is 8.74. The third-order valence-corrected chi connectivity index (χ3v) is 3.79. The molecule has 0 unspecified atom stereocenters. The summed E-state index contributed by atoms with van der Waals surface area (Å²) in [5.41, 5.74) is -0.110. The number of amides is 5. The van der Waals surface area contributed by atoms with Gasteiger partial charge in [0, 0.05) is 45.2 Å². The van der Waals surface area contributed by atoms with Crippen molar-refractivity contribution in [1.29, 1.82) is 0 Å². The van der Waals surface area contributed by atoms with Gasteiger partial charge in [0.2, 0.25) is 5.91 Å². The molecule has 1 aromatic carbocycles. The lowest BCUT2D eigenvalue weighted by molar-refractivity contribution is -0.384. The summed E-state index contributed by atoms with van der Waals surface area (Å²) in [5, 5.41) is 18.4. The van der Waals surface area contributed by atoms with Crippen LogP contribution in [0.1, 0.15) is 34.1 Å². The van der Waals surface area contributed by atoms with E-state index in [1.54, 1.807) is 0 Å². The standard InChI is InChI=1S/C16H19N5O6/c1-10(22)17-6-7-19-16(25)18-5-2-8-20-14(23)12-4-3-11(21(26)27)9-13(12)15(20)24/h3-4,9H,2,5-8H2,1H3,(H,17,22)(H2,18,19,25). The number of fused-ring (bicyclic) bond motifs is 1. The number of imide groups is 1. The number of nitrogens with zero attached hydrogens (tertiary/aromatic N) is 2. The lowest BCUT2D eigenvalue weighted by Gasteiger charge is -2.14. The van der Waals surface area contributed by atoms with Gasteiger partial charge in [0.15, 0.2) is 0 Å². The van der Waals surface area contributed by atoms with Gasteiger partial charge < -0.3 is 16.0 Å². The van der Waals surface area contributed by atoms with Gasteiger partial charge in [-0.2, -0.15) is 0 Å². The van der Waals surface area contributed by atoms with E-state index in [0.29, 0.717) is 13.0 Å². The molecule has 0 aromatic heterocycles. The number of hydrogen-bond donors (Lipinski definition) is 3. The minimum atomic E-state index is -0.630. The molecule has 1 aromatic rings. The van der Waals surface area contributed by atoms with Crippen LogP contribution in [0.15, 0.2) is 18.2 Å². The van der Waals surface area contributed by atoms with Crippen molar-refractivity contribution in [2.45, 2.75) is 13.3 Å². The second-order valence-electron chi connectivity index (χ2n) is 5.77. The zero-order valence-electron chi connectivity index (χ0n) is 14.6. The fourth-order valence-electron chi connectivity index (χ4n) is 2.51. The molecule has 0 saturated heterocycles. The third kappa shape index (κ3) is 5.00. The maximum Gasteiger partial charge on any atom is 0.314 e. The fraction of sp³-hybridized carbons (Fsp3) is 0.375. The Morgan fingerprint density at radius 1 is 1.04 bits per heavy atom. The predicted octanol–water partition coefficient (Wildman–Crippen LogP) is 0.0162. The van der Waals surface area contributed by atoms with Gasteiger partial charge in [-0.3, -0.25) is 29.4 Å². The number of carbonyl (C=O) groups excluding carboxylic acids is 4. The molecule has 1 heterocycles. The third-order valence-electron chi connectivity index (χ3n) is 3.79. The second-order valence-corrected chi connectivity index (χ2v) is 5.77. The van der Waals surface area contributed by atoms with Gasteiger partial charge in [-0.15, -0.1) is 0 Å². The van der Waals surface area contributed by atoms with Crippen molar-refractivity contribution in [2.24, 2.45) is 0 Å². The van der Waals surface area contributed by atoms with E-state index in [9.17, 15) is 29.3 Å². The van der Waals surface area contributed by atoms with E-state index in [0.717, 1.165) is 11.0 Å². The maximum absolute atomic E-state index is 12.3. The van der Waals surface area contributed by atoms with E-state index < -0.39 is 22.8 Å². The van der Waals surface area contributed by atoms with Gasteiger partial charge in [0.05, 0.1) is 16.1 Å². The van der Waals surface area contributed by atoms with Gasteiger partial charge in [-0.05, 0) is 12.5 Å². The Balaban J connectivity index is 1.77. The molecule has 3 N–H and O–H groups in total. The number of rotatable bonds is 8. The van der Waals surface area contributed by atoms with E-state index >= 15 is 0 Å². The summed E-state index contributed by atoms with van der Waals surface area (Å²) < 4.78 is 0. The topological polar surface area (TPSA) is 151 Å². The van der Waals surface area contributed by atoms with Crippen molar-refractivity contribution >= 4 is 29.4 Å². The summed E-state index contributed by atoms with van der Waals surface area (Å²) in [5.74, 6) is -1.29. The first kappa shape index (κ1) is 19.8. The average Bonchev–Trinajstić information content (AvgIpc) is 2.86. The van der Waals surface area contributed by atoms with Crippen molar-refractivity contribution in [3.63, 3.8) is 0 Å². The van der Waals surface area contributed by atoms with Crippen LogP contribution in [-0.2, 0) is 4.79 Å². The van der Waals surface area contributed by atoms with Crippen molar-refractivity contribution in [3.8, 4) is 0 Å². The Hall–Kier alpha value is -3.50. The quantitative estimate of drug-likeness (QED) is 0.251. The van der Waals surface area contributed by atoms with Crippen molar-refractivity contribution in [2.75, 3.05) is 26.2 Å². The highest BCUT2D eigenvalue weighted by molar-refractivity contribution is 6.21. The summed E-state index contributed by atoms with van der Waals surface area (Å²) in [4.78, 5) is 57.9. The SMILES string of the molecule is CC(=O)NCCNC(=O)NCCCN1C(=O)c2ccc([N+](=O)[O-])cc2C1=O. The Labute approximate surface area is 154 Å². The van der Waals surface area contributed by atoms with E-state index in [-0.39, 0.29) is 42.4 Å². The van der Waals surface area contributed by atoms with Crippen LogP contribution in [0, 0.1) is 10.1 Å². The molecule has 11 heteroatoms. The first-order valence-electron chi connectivity index (χ1n) is 8.22. The van der Waals surface area contributed by atoms with Crippen LogP contribution >= 0.6 is 0 Å². The Morgan fingerprint density at radius 3 is 2.33 bits per heavy atom. The van der Waals surface area contributed by atoms with E-state index in [1.165, 1.54) is 19.1 Å². The number of nitro benzene ring substituents is 1. The molecule has 0 spiro atoms. The molecular formula is C16H19N5O6. The Morgan fingerprint density at radius 2 is 1.67 bits per heavy atom. The zero-order chi connectivity index (χ0) is 20.0. The number of carbonyl (C=O) groups is 4. The molecular weight excluding hydrogens is 358 g/mol. The zero-order valence-corrected chi connectivity index (χ0v) is 14.6. The first-order valence-corrected chi connectivity index (χ1v) is 8.22. The predicted molar refractivity (Wildman–Crippen MR) is 93.2 cm³/mol. The normalized spacial score (nSPS) is 12.6. The highest BCUT2D eigenvalue weighted by atomic mass is 16.6. The summed E-state index contributed by atoms with van der Waals surface area (Å²) in [6, 6.07) is 3.11. The van der Waals surface area contributed by atoms with Crippen LogP contribution in [0.2, 0.25) is 0 Å². The molecule has 0 atom stereocenters. The van der Waals surface area contributed by atoms with E-state index in [4.69, 9.17) is 0 Å². The van der Waals surface area contributed by atoms with Crippen LogP contribution in [-0.4, -0.2) is 59.8 Å². The molecule has 0 bridgehead atoms. The Kier molecular flexibility index (Phi) is 6.41. The molecule has 5 amide bonds. The lowest BCUT2D eigenvalue weighted by atomic mass is 10.1. The molecule has 11 nitrogen and oxygen atoms in total. The molecule has 0 saturated carbocycles. The molecule has 0 aliphatic carbocycles. The summed E-state index contributed by atoms with van der Waals surface area (Å²) in [6.07, 6.45) is 0.326. The van der Waals surface area contributed by atoms with Crippen molar-refractivity contribution < 1.29 is 24.1 Å². The largest absolute Gasteiger partial charge is 0.355 e. The van der Waals surface area contributed by atoms with Crippen molar-refractivity contribution in [3.05, 3.63) is 39.4 Å². The van der Waals surface area contributed by atoms with Crippen LogP contribution in [0.5, 0.6) is 0 Å². The van der Waals surface area contributed by atoms with Crippen LogP contribution in [0.4, 0.5) is 10.5 Å². The average molecular weight is 377 g/mol. The molecule has 0 fully saturated rings. The fourth-order valence-corrected chi connectivity index (χ4v) is 2.51. The lowest BCUT2D eigenvalue weighted by Crippen LogP contribution is -2.41. The number of nitro groups is 1. The number of hydrogen-bond acceptors (Lipinski definition) is 6.